The van der Waals surface area contributed by atoms with Crippen LogP contribution in [0.4, 0.5) is 5.69 Å². The monoisotopic (exact) mass is 306 g/mol. The molecular weight excluding hydrogens is 288 g/mol. The number of halogens is 1. The zero-order valence-corrected chi connectivity index (χ0v) is 12.8. The third kappa shape index (κ3) is 4.07. The van der Waals surface area contributed by atoms with E-state index in [1.807, 2.05) is 0 Å². The van der Waals surface area contributed by atoms with Crippen molar-refractivity contribution in [3.8, 4) is 0 Å². The van der Waals surface area contributed by atoms with Gasteiger partial charge in [0.25, 0.3) is 0 Å². The van der Waals surface area contributed by atoms with E-state index in [9.17, 15) is 8.42 Å². The molecule has 0 aromatic heterocycles. The van der Waals surface area contributed by atoms with E-state index in [2.05, 4.69) is 4.72 Å². The van der Waals surface area contributed by atoms with Crippen molar-refractivity contribution in [2.45, 2.75) is 25.7 Å². The van der Waals surface area contributed by atoms with E-state index < -0.39 is 15.4 Å². The van der Waals surface area contributed by atoms with Crippen molar-refractivity contribution in [3.63, 3.8) is 0 Å². The van der Waals surface area contributed by atoms with Crippen LogP contribution in [0, 0.1) is 12.3 Å². The van der Waals surface area contributed by atoms with Crippen LogP contribution in [-0.4, -0.2) is 26.7 Å². The summed E-state index contributed by atoms with van der Waals surface area (Å²) in [6, 6.07) is 2.79. The summed E-state index contributed by atoms with van der Waals surface area (Å²) in [5.74, 6) is 0. The molecule has 7 heteroatoms. The Labute approximate surface area is 118 Å². The number of hydrogen-bond acceptors (Lipinski definition) is 4. The average Bonchev–Trinajstić information content (AvgIpc) is 2.33. The van der Waals surface area contributed by atoms with Crippen LogP contribution in [-0.2, 0) is 10.0 Å². The number of rotatable bonds is 5. The predicted molar refractivity (Wildman–Crippen MR) is 76.7 cm³/mol. The van der Waals surface area contributed by atoms with Crippen LogP contribution < -0.4 is 10.5 Å². The number of aliphatic hydroxyl groups is 1. The number of benzene rings is 1. The lowest BCUT2D eigenvalue weighted by Crippen LogP contribution is -2.36. The van der Waals surface area contributed by atoms with E-state index in [0.717, 1.165) is 0 Å². The van der Waals surface area contributed by atoms with Gasteiger partial charge in [0.2, 0.25) is 10.0 Å². The van der Waals surface area contributed by atoms with Crippen LogP contribution in [0.2, 0.25) is 5.02 Å². The van der Waals surface area contributed by atoms with Crippen LogP contribution >= 0.6 is 11.6 Å². The van der Waals surface area contributed by atoms with E-state index in [1.54, 1.807) is 20.8 Å². The lowest BCUT2D eigenvalue weighted by Gasteiger charge is -2.22. The van der Waals surface area contributed by atoms with Crippen molar-refractivity contribution in [1.82, 2.24) is 4.72 Å². The van der Waals surface area contributed by atoms with Crippen molar-refractivity contribution in [2.75, 3.05) is 18.9 Å². The molecular formula is C12H19ClN2O3S. The number of aliphatic hydroxyl groups excluding tert-OH is 1. The Hall–Kier alpha value is -0.820. The van der Waals surface area contributed by atoms with Crippen LogP contribution in [0.25, 0.3) is 0 Å². The maximum atomic E-state index is 12.1. The zero-order chi connectivity index (χ0) is 14.8. The van der Waals surface area contributed by atoms with Crippen molar-refractivity contribution in [1.29, 1.82) is 0 Å². The maximum Gasteiger partial charge on any atom is 0.240 e. The minimum absolute atomic E-state index is 0.0700. The van der Waals surface area contributed by atoms with Crippen LogP contribution in [0.5, 0.6) is 0 Å². The molecule has 0 atom stereocenters. The van der Waals surface area contributed by atoms with Crippen molar-refractivity contribution >= 4 is 27.3 Å². The summed E-state index contributed by atoms with van der Waals surface area (Å²) in [6.45, 7) is 5.23. The summed E-state index contributed by atoms with van der Waals surface area (Å²) in [7, 11) is -3.67. The molecule has 0 aliphatic rings. The molecule has 0 spiro atoms. The largest absolute Gasteiger partial charge is 0.397 e. The van der Waals surface area contributed by atoms with Crippen molar-refractivity contribution < 1.29 is 13.5 Å². The number of nitrogens with two attached hydrogens (primary N) is 1. The standard InChI is InChI=1S/C12H19ClN2O3S/c1-8-4-9(5-10(14)11(8)13)19(17,18)15-6-12(2,3)7-16/h4-5,15-16H,6-7,14H2,1-3H3. The Kier molecular flexibility index (Phi) is 4.84. The Morgan fingerprint density at radius 1 is 1.42 bits per heavy atom. The number of anilines is 1. The highest BCUT2D eigenvalue weighted by atomic mass is 35.5. The highest BCUT2D eigenvalue weighted by molar-refractivity contribution is 7.89. The Morgan fingerprint density at radius 3 is 2.47 bits per heavy atom. The first-order valence-electron chi connectivity index (χ1n) is 5.75. The van der Waals surface area contributed by atoms with E-state index in [0.29, 0.717) is 10.6 Å². The smallest absolute Gasteiger partial charge is 0.240 e. The molecule has 1 rings (SSSR count). The van der Waals surface area contributed by atoms with E-state index in [1.165, 1.54) is 12.1 Å². The van der Waals surface area contributed by atoms with Gasteiger partial charge in [0, 0.05) is 18.6 Å². The number of nitrogens with one attached hydrogen (secondary N) is 1. The van der Waals surface area contributed by atoms with Gasteiger partial charge in [-0.2, -0.15) is 0 Å². The fraction of sp³-hybridized carbons (Fsp3) is 0.500. The van der Waals surface area contributed by atoms with Gasteiger partial charge in [-0.05, 0) is 24.6 Å². The summed E-state index contributed by atoms with van der Waals surface area (Å²) in [6.07, 6.45) is 0. The minimum Gasteiger partial charge on any atom is -0.397 e. The molecule has 0 bridgehead atoms. The quantitative estimate of drug-likeness (QED) is 0.719. The highest BCUT2D eigenvalue weighted by Gasteiger charge is 2.22. The average molecular weight is 307 g/mol. The summed E-state index contributed by atoms with van der Waals surface area (Å²) in [5.41, 5.74) is 5.96. The summed E-state index contributed by atoms with van der Waals surface area (Å²) in [4.78, 5) is 0.0700. The molecule has 5 nitrogen and oxygen atoms in total. The van der Waals surface area contributed by atoms with Gasteiger partial charge in [0.1, 0.15) is 0 Å². The normalized spacial score (nSPS) is 12.7. The molecule has 0 fully saturated rings. The Morgan fingerprint density at radius 2 is 2.00 bits per heavy atom. The predicted octanol–water partition coefficient (Wildman–Crippen LogP) is 1.53. The molecule has 1 aromatic carbocycles. The lowest BCUT2D eigenvalue weighted by atomic mass is 9.96. The molecule has 0 amide bonds. The van der Waals surface area contributed by atoms with Crippen LogP contribution in [0.15, 0.2) is 17.0 Å². The van der Waals surface area contributed by atoms with Crippen molar-refractivity contribution in [3.05, 3.63) is 22.7 Å². The van der Waals surface area contributed by atoms with Gasteiger partial charge < -0.3 is 10.8 Å². The zero-order valence-electron chi connectivity index (χ0n) is 11.2. The van der Waals surface area contributed by atoms with Gasteiger partial charge in [-0.1, -0.05) is 25.4 Å². The topological polar surface area (TPSA) is 92.4 Å². The second-order valence-corrected chi connectivity index (χ2v) is 7.44. The Bertz CT molecular complexity index is 547. The van der Waals surface area contributed by atoms with Gasteiger partial charge in [-0.25, -0.2) is 13.1 Å². The fourth-order valence-corrected chi connectivity index (χ4v) is 2.82. The summed E-state index contributed by atoms with van der Waals surface area (Å²) in [5, 5.41) is 9.47. The van der Waals surface area contributed by atoms with E-state index >= 15 is 0 Å². The molecule has 4 N–H and O–H groups in total. The van der Waals surface area contributed by atoms with Crippen LogP contribution in [0.1, 0.15) is 19.4 Å². The SMILES string of the molecule is Cc1cc(S(=O)(=O)NCC(C)(C)CO)cc(N)c1Cl. The van der Waals surface area contributed by atoms with E-state index in [-0.39, 0.29) is 23.7 Å². The Balaban J connectivity index is 3.02. The fourth-order valence-electron chi connectivity index (χ4n) is 1.35. The molecule has 0 aliphatic heterocycles. The summed E-state index contributed by atoms with van der Waals surface area (Å²) >= 11 is 5.90. The molecule has 0 unspecified atom stereocenters. The first-order chi connectivity index (χ1) is 8.59. The molecule has 0 saturated carbocycles. The summed E-state index contributed by atoms with van der Waals surface area (Å²) < 4.78 is 26.7. The van der Waals surface area contributed by atoms with Gasteiger partial charge in [0.15, 0.2) is 0 Å². The van der Waals surface area contributed by atoms with Crippen molar-refractivity contribution in [2.24, 2.45) is 5.41 Å². The van der Waals surface area contributed by atoms with Crippen LogP contribution in [0.3, 0.4) is 0 Å². The van der Waals surface area contributed by atoms with E-state index in [4.69, 9.17) is 22.4 Å². The first kappa shape index (κ1) is 16.2. The lowest BCUT2D eigenvalue weighted by molar-refractivity contribution is 0.163. The third-order valence-electron chi connectivity index (χ3n) is 2.74. The van der Waals surface area contributed by atoms with Gasteiger partial charge >= 0.3 is 0 Å². The molecule has 19 heavy (non-hydrogen) atoms. The van der Waals surface area contributed by atoms with Gasteiger partial charge in [-0.3, -0.25) is 0 Å². The van der Waals surface area contributed by atoms with Gasteiger partial charge in [0.05, 0.1) is 15.6 Å². The highest BCUT2D eigenvalue weighted by Crippen LogP contribution is 2.27. The third-order valence-corrected chi connectivity index (χ3v) is 4.63. The number of aryl methyl sites for hydroxylation is 1. The molecule has 108 valence electrons. The number of nitrogen functional groups attached to an aromatic ring is 1. The molecule has 0 radical (unpaired) electrons. The number of sulfonamides is 1. The van der Waals surface area contributed by atoms with Gasteiger partial charge in [-0.15, -0.1) is 0 Å². The second kappa shape index (κ2) is 5.66. The molecule has 0 aliphatic carbocycles. The second-order valence-electron chi connectivity index (χ2n) is 5.29. The minimum atomic E-state index is -3.67. The molecule has 1 aromatic rings. The molecule has 0 heterocycles. The maximum absolute atomic E-state index is 12.1. The molecule has 0 saturated heterocycles. The first-order valence-corrected chi connectivity index (χ1v) is 7.61. The number of hydrogen-bond donors (Lipinski definition) is 3.